The molecule has 0 bridgehead atoms. The third-order valence-electron chi connectivity index (χ3n) is 4.28. The second-order valence-corrected chi connectivity index (χ2v) is 5.69. The highest BCUT2D eigenvalue weighted by molar-refractivity contribution is 5.64. The first-order valence-electron chi connectivity index (χ1n) is 6.91. The van der Waals surface area contributed by atoms with E-state index in [-0.39, 0.29) is 0 Å². The van der Waals surface area contributed by atoms with Gasteiger partial charge in [0.2, 0.25) is 0 Å². The van der Waals surface area contributed by atoms with Crippen LogP contribution in [0.15, 0.2) is 48.5 Å². The first-order valence-corrected chi connectivity index (χ1v) is 6.91. The van der Waals surface area contributed by atoms with E-state index in [1.54, 1.807) is 0 Å². The molecular formula is C18H20. The van der Waals surface area contributed by atoms with Gasteiger partial charge in [-0.05, 0) is 46.9 Å². The van der Waals surface area contributed by atoms with Crippen LogP contribution in [0.1, 0.15) is 37.8 Å². The standard InChI is InChI=1S/C18H20/c1-3-14-4-6-15(7-5-14)16-8-10-17(11-9-16)18(2)12-13-18/h4-11H,3,12-13H2,1-2H3. The fraction of sp³-hybridized carbons (Fsp3) is 0.333. The van der Waals surface area contributed by atoms with Crippen molar-refractivity contribution in [2.24, 2.45) is 0 Å². The van der Waals surface area contributed by atoms with Crippen molar-refractivity contribution >= 4 is 0 Å². The normalized spacial score (nSPS) is 16.6. The Hall–Kier alpha value is -1.56. The van der Waals surface area contributed by atoms with E-state index in [9.17, 15) is 0 Å². The van der Waals surface area contributed by atoms with Crippen LogP contribution < -0.4 is 0 Å². The molecule has 92 valence electrons. The van der Waals surface area contributed by atoms with Crippen molar-refractivity contribution in [1.29, 1.82) is 0 Å². The van der Waals surface area contributed by atoms with Crippen molar-refractivity contribution in [3.63, 3.8) is 0 Å². The lowest BCUT2D eigenvalue weighted by Gasteiger charge is -2.10. The fourth-order valence-electron chi connectivity index (χ4n) is 2.47. The minimum absolute atomic E-state index is 0.477. The van der Waals surface area contributed by atoms with Gasteiger partial charge in [0.1, 0.15) is 0 Å². The first kappa shape index (κ1) is 11.5. The Morgan fingerprint density at radius 2 is 1.33 bits per heavy atom. The van der Waals surface area contributed by atoms with Crippen LogP contribution in [0.3, 0.4) is 0 Å². The molecule has 0 N–H and O–H groups in total. The van der Waals surface area contributed by atoms with Gasteiger partial charge in [0, 0.05) is 0 Å². The molecule has 0 radical (unpaired) electrons. The summed E-state index contributed by atoms with van der Waals surface area (Å²) in [6.45, 7) is 4.55. The van der Waals surface area contributed by atoms with E-state index in [1.807, 2.05) is 0 Å². The first-order chi connectivity index (χ1) is 8.71. The number of rotatable bonds is 3. The van der Waals surface area contributed by atoms with Gasteiger partial charge in [-0.2, -0.15) is 0 Å². The molecule has 0 aromatic heterocycles. The summed E-state index contributed by atoms with van der Waals surface area (Å²) >= 11 is 0. The third-order valence-corrected chi connectivity index (χ3v) is 4.28. The third kappa shape index (κ3) is 2.08. The molecule has 0 nitrogen and oxygen atoms in total. The Labute approximate surface area is 110 Å². The molecule has 0 heteroatoms. The zero-order valence-corrected chi connectivity index (χ0v) is 11.2. The Morgan fingerprint density at radius 1 is 0.833 bits per heavy atom. The number of hydrogen-bond donors (Lipinski definition) is 0. The second-order valence-electron chi connectivity index (χ2n) is 5.69. The van der Waals surface area contributed by atoms with Gasteiger partial charge in [0.25, 0.3) is 0 Å². The zero-order chi connectivity index (χ0) is 12.6. The van der Waals surface area contributed by atoms with Crippen LogP contribution in [0.25, 0.3) is 11.1 Å². The van der Waals surface area contributed by atoms with Crippen molar-refractivity contribution in [2.45, 2.75) is 38.5 Å². The molecule has 0 aliphatic heterocycles. The molecule has 0 saturated heterocycles. The highest BCUT2D eigenvalue weighted by Crippen LogP contribution is 2.47. The van der Waals surface area contributed by atoms with Crippen LogP contribution in [0, 0.1) is 0 Å². The van der Waals surface area contributed by atoms with Crippen LogP contribution >= 0.6 is 0 Å². The minimum atomic E-state index is 0.477. The molecule has 1 saturated carbocycles. The molecule has 2 aromatic carbocycles. The summed E-state index contributed by atoms with van der Waals surface area (Å²) in [5, 5.41) is 0. The molecule has 1 aliphatic rings. The van der Waals surface area contributed by atoms with Crippen molar-refractivity contribution < 1.29 is 0 Å². The van der Waals surface area contributed by atoms with Crippen LogP contribution in [-0.2, 0) is 11.8 Å². The predicted octanol–water partition coefficient (Wildman–Crippen LogP) is 4.97. The zero-order valence-electron chi connectivity index (χ0n) is 11.2. The van der Waals surface area contributed by atoms with Gasteiger partial charge < -0.3 is 0 Å². The predicted molar refractivity (Wildman–Crippen MR) is 77.8 cm³/mol. The van der Waals surface area contributed by atoms with E-state index in [0.29, 0.717) is 5.41 Å². The van der Waals surface area contributed by atoms with Gasteiger partial charge in [-0.1, -0.05) is 62.4 Å². The van der Waals surface area contributed by atoms with Crippen LogP contribution in [-0.4, -0.2) is 0 Å². The maximum Gasteiger partial charge on any atom is -0.00746 e. The summed E-state index contributed by atoms with van der Waals surface area (Å²) in [5.74, 6) is 0. The molecule has 0 unspecified atom stereocenters. The Bertz CT molecular complexity index is 527. The van der Waals surface area contributed by atoms with Gasteiger partial charge in [0.05, 0.1) is 0 Å². The Balaban J connectivity index is 1.87. The maximum atomic E-state index is 2.36. The van der Waals surface area contributed by atoms with Gasteiger partial charge in [-0.3, -0.25) is 0 Å². The van der Waals surface area contributed by atoms with E-state index in [0.717, 1.165) is 6.42 Å². The van der Waals surface area contributed by atoms with Crippen LogP contribution in [0.2, 0.25) is 0 Å². The van der Waals surface area contributed by atoms with Crippen molar-refractivity contribution in [3.05, 3.63) is 59.7 Å². The summed E-state index contributed by atoms with van der Waals surface area (Å²) in [4.78, 5) is 0. The molecular weight excluding hydrogens is 216 g/mol. The summed E-state index contributed by atoms with van der Waals surface area (Å²) in [7, 11) is 0. The van der Waals surface area contributed by atoms with E-state index in [2.05, 4.69) is 62.4 Å². The molecule has 18 heavy (non-hydrogen) atoms. The number of aryl methyl sites for hydroxylation is 1. The number of hydrogen-bond acceptors (Lipinski definition) is 0. The monoisotopic (exact) mass is 236 g/mol. The second kappa shape index (κ2) is 4.28. The van der Waals surface area contributed by atoms with E-state index < -0.39 is 0 Å². The molecule has 0 amide bonds. The van der Waals surface area contributed by atoms with E-state index in [1.165, 1.54) is 35.1 Å². The SMILES string of the molecule is CCc1ccc(-c2ccc(C3(C)CC3)cc2)cc1. The van der Waals surface area contributed by atoms with Gasteiger partial charge in [-0.15, -0.1) is 0 Å². The van der Waals surface area contributed by atoms with Crippen LogP contribution in [0.4, 0.5) is 0 Å². The molecule has 0 heterocycles. The molecule has 1 aliphatic carbocycles. The Kier molecular flexibility index (Phi) is 2.74. The lowest BCUT2D eigenvalue weighted by Crippen LogP contribution is -1.98. The highest BCUT2D eigenvalue weighted by atomic mass is 14.4. The summed E-state index contributed by atoms with van der Waals surface area (Å²) in [6.07, 6.45) is 3.80. The smallest absolute Gasteiger partial charge is 0.00746 e. The summed E-state index contributed by atoms with van der Waals surface area (Å²) < 4.78 is 0. The topological polar surface area (TPSA) is 0 Å². The lowest BCUT2D eigenvalue weighted by molar-refractivity contribution is 0.788. The molecule has 1 fully saturated rings. The molecule has 0 spiro atoms. The maximum absolute atomic E-state index is 2.36. The van der Waals surface area contributed by atoms with E-state index >= 15 is 0 Å². The van der Waals surface area contributed by atoms with Gasteiger partial charge in [0.15, 0.2) is 0 Å². The van der Waals surface area contributed by atoms with Gasteiger partial charge in [-0.25, -0.2) is 0 Å². The van der Waals surface area contributed by atoms with Crippen molar-refractivity contribution in [1.82, 2.24) is 0 Å². The van der Waals surface area contributed by atoms with Crippen molar-refractivity contribution in [3.8, 4) is 11.1 Å². The average Bonchev–Trinajstić information content (AvgIpc) is 3.18. The Morgan fingerprint density at radius 3 is 1.78 bits per heavy atom. The summed E-state index contributed by atoms with van der Waals surface area (Å²) in [5.41, 5.74) is 6.02. The minimum Gasteiger partial charge on any atom is -0.0613 e. The highest BCUT2D eigenvalue weighted by Gasteiger charge is 2.38. The fourth-order valence-corrected chi connectivity index (χ4v) is 2.47. The van der Waals surface area contributed by atoms with Gasteiger partial charge >= 0.3 is 0 Å². The quantitative estimate of drug-likeness (QED) is 0.706. The summed E-state index contributed by atoms with van der Waals surface area (Å²) in [6, 6.07) is 18.0. The van der Waals surface area contributed by atoms with E-state index in [4.69, 9.17) is 0 Å². The lowest BCUT2D eigenvalue weighted by atomic mass is 9.95. The average molecular weight is 236 g/mol. The largest absolute Gasteiger partial charge is 0.0613 e. The van der Waals surface area contributed by atoms with Crippen molar-refractivity contribution in [2.75, 3.05) is 0 Å². The molecule has 2 aromatic rings. The number of benzene rings is 2. The molecule has 3 rings (SSSR count). The molecule has 0 atom stereocenters. The van der Waals surface area contributed by atoms with Crippen LogP contribution in [0.5, 0.6) is 0 Å².